The first-order valence-corrected chi connectivity index (χ1v) is 10.5. The zero-order valence-electron chi connectivity index (χ0n) is 15.4. The maximum absolute atomic E-state index is 12.5. The van der Waals surface area contributed by atoms with Crippen molar-refractivity contribution in [3.63, 3.8) is 0 Å². The second kappa shape index (κ2) is 6.43. The molecule has 0 aromatic carbocycles. The van der Waals surface area contributed by atoms with Crippen LogP contribution >= 0.6 is 0 Å². The van der Waals surface area contributed by atoms with Gasteiger partial charge in [-0.1, -0.05) is 5.16 Å². The van der Waals surface area contributed by atoms with Gasteiger partial charge >= 0.3 is 16.4 Å². The summed E-state index contributed by atoms with van der Waals surface area (Å²) in [7, 11) is -0.294. The molecule has 10 nitrogen and oxygen atoms in total. The second-order valence-corrected chi connectivity index (χ2v) is 9.33. The Bertz CT molecular complexity index is 828. The van der Waals surface area contributed by atoms with Crippen LogP contribution in [0.1, 0.15) is 49.1 Å². The first-order chi connectivity index (χ1) is 12.6. The summed E-state index contributed by atoms with van der Waals surface area (Å²) in [5.41, 5.74) is 0.685. The molecule has 2 bridgehead atoms. The Kier molecular flexibility index (Phi) is 4.45. The minimum atomic E-state index is -4.74. The van der Waals surface area contributed by atoms with Crippen molar-refractivity contribution < 1.29 is 31.1 Å². The average molecular weight is 401 g/mol. The number of urea groups is 1. The topological polar surface area (TPSA) is 113 Å². The molecular formula is C16H25N4O6S+. The number of rotatable bonds is 4. The maximum Gasteiger partial charge on any atom is 0.418 e. The van der Waals surface area contributed by atoms with Crippen molar-refractivity contribution >= 4 is 16.4 Å². The predicted octanol–water partition coefficient (Wildman–Crippen LogP) is 1.30. The molecule has 150 valence electrons. The Morgan fingerprint density at radius 2 is 1.96 bits per heavy atom. The molecule has 3 fully saturated rings. The molecule has 1 aromatic rings. The number of amides is 2. The Morgan fingerprint density at radius 1 is 1.26 bits per heavy atom. The van der Waals surface area contributed by atoms with Crippen molar-refractivity contribution in [3.8, 4) is 0 Å². The number of nitrogens with zero attached hydrogens (tertiary/aromatic N) is 4. The molecule has 0 spiro atoms. The van der Waals surface area contributed by atoms with Gasteiger partial charge in [-0.25, -0.2) is 4.79 Å². The fraction of sp³-hybridized carbons (Fsp3) is 0.750. The Balaban J connectivity index is 1.48. The molecular weight excluding hydrogens is 376 g/mol. The van der Waals surface area contributed by atoms with Crippen LogP contribution in [0.3, 0.4) is 0 Å². The summed E-state index contributed by atoms with van der Waals surface area (Å²) in [6.07, 6.45) is 3.25. The van der Waals surface area contributed by atoms with E-state index in [-0.39, 0.29) is 6.04 Å². The Labute approximate surface area is 158 Å². The first kappa shape index (κ1) is 18.7. The molecule has 27 heavy (non-hydrogen) atoms. The standard InChI is InChI=1S/C16H24N4O6S/c1-20(2)7-5-11(6-8-20)15-9-13(17-25-15)14-4-3-12-10-18(14)16(21)19(12)26-27(22,23)24/h9,11-12,14H,3-8,10H2,1-2H3/p+1. The van der Waals surface area contributed by atoms with E-state index in [1.807, 2.05) is 6.07 Å². The Hall–Kier alpha value is -1.69. The Morgan fingerprint density at radius 3 is 2.63 bits per heavy atom. The summed E-state index contributed by atoms with van der Waals surface area (Å²) in [4.78, 5) is 14.0. The van der Waals surface area contributed by atoms with Gasteiger partial charge in [0.1, 0.15) is 11.5 Å². The van der Waals surface area contributed by atoms with Crippen LogP contribution in [0.4, 0.5) is 4.79 Å². The van der Waals surface area contributed by atoms with Crippen molar-refractivity contribution in [2.24, 2.45) is 0 Å². The van der Waals surface area contributed by atoms with E-state index in [1.165, 1.54) is 4.90 Å². The monoisotopic (exact) mass is 401 g/mol. The smallest absolute Gasteiger partial charge is 0.361 e. The number of hydrogen-bond donors (Lipinski definition) is 1. The lowest BCUT2D eigenvalue weighted by molar-refractivity contribution is -0.895. The van der Waals surface area contributed by atoms with Gasteiger partial charge in [-0.3, -0.25) is 4.55 Å². The highest BCUT2D eigenvalue weighted by molar-refractivity contribution is 7.80. The lowest BCUT2D eigenvalue weighted by Gasteiger charge is -2.36. The van der Waals surface area contributed by atoms with E-state index in [0.29, 0.717) is 31.0 Å². The molecule has 3 aliphatic rings. The summed E-state index contributed by atoms with van der Waals surface area (Å²) in [5.74, 6) is 1.19. The van der Waals surface area contributed by atoms with Gasteiger partial charge in [0.25, 0.3) is 0 Å². The number of quaternary nitrogens is 1. The molecule has 0 radical (unpaired) electrons. The number of hydrogen-bond acceptors (Lipinski definition) is 6. The van der Waals surface area contributed by atoms with Gasteiger partial charge in [0.2, 0.25) is 0 Å². The maximum atomic E-state index is 12.5. The molecule has 3 saturated heterocycles. The van der Waals surface area contributed by atoms with Crippen LogP contribution < -0.4 is 0 Å². The van der Waals surface area contributed by atoms with Crippen LogP contribution in [0.2, 0.25) is 0 Å². The molecule has 4 rings (SSSR count). The van der Waals surface area contributed by atoms with Gasteiger partial charge in [-0.15, -0.1) is 4.28 Å². The first-order valence-electron chi connectivity index (χ1n) is 9.18. The van der Waals surface area contributed by atoms with Gasteiger partial charge in [-0.2, -0.15) is 13.5 Å². The van der Waals surface area contributed by atoms with Gasteiger partial charge in [0, 0.05) is 31.4 Å². The summed E-state index contributed by atoms with van der Waals surface area (Å²) in [6, 6.07) is 0.666. The molecule has 2 atom stereocenters. The van der Waals surface area contributed by atoms with Crippen LogP contribution in [-0.2, 0) is 14.7 Å². The predicted molar refractivity (Wildman–Crippen MR) is 92.7 cm³/mol. The van der Waals surface area contributed by atoms with Crippen LogP contribution in [0.5, 0.6) is 0 Å². The van der Waals surface area contributed by atoms with Crippen molar-refractivity contribution in [1.29, 1.82) is 0 Å². The highest BCUT2D eigenvalue weighted by atomic mass is 32.3. The number of likely N-dealkylation sites (tertiary alicyclic amines) is 1. The average Bonchev–Trinajstić information content (AvgIpc) is 3.15. The lowest BCUT2D eigenvalue weighted by atomic mass is 9.92. The summed E-state index contributed by atoms with van der Waals surface area (Å²) in [6.45, 7) is 2.49. The van der Waals surface area contributed by atoms with E-state index >= 15 is 0 Å². The molecule has 3 aliphatic heterocycles. The number of hydroxylamine groups is 2. The molecule has 0 saturated carbocycles. The number of carbonyl (C=O) groups excluding carboxylic acids is 1. The summed E-state index contributed by atoms with van der Waals surface area (Å²) < 4.78 is 41.9. The fourth-order valence-electron chi connectivity index (χ4n) is 4.34. The quantitative estimate of drug-likeness (QED) is 0.598. The number of piperidine rings is 2. The van der Waals surface area contributed by atoms with Gasteiger partial charge in [-0.05, 0) is 12.8 Å². The van der Waals surface area contributed by atoms with Gasteiger partial charge in [0.05, 0.1) is 39.3 Å². The van der Waals surface area contributed by atoms with E-state index < -0.39 is 22.5 Å². The molecule has 1 N–H and O–H groups in total. The second-order valence-electron chi connectivity index (χ2n) is 8.32. The third-order valence-corrected chi connectivity index (χ3v) is 6.30. The number of carbonyl (C=O) groups is 1. The minimum absolute atomic E-state index is 0.281. The highest BCUT2D eigenvalue weighted by Gasteiger charge is 2.48. The van der Waals surface area contributed by atoms with Crippen molar-refractivity contribution in [3.05, 3.63) is 17.5 Å². The van der Waals surface area contributed by atoms with Crippen LogP contribution in [-0.4, -0.2) is 78.4 Å². The third-order valence-electron chi connectivity index (χ3n) is 5.95. The normalized spacial score (nSPS) is 28.8. The molecule has 1 aromatic heterocycles. The van der Waals surface area contributed by atoms with Crippen molar-refractivity contribution in [2.45, 2.75) is 43.7 Å². The molecule has 2 amide bonds. The zero-order chi connectivity index (χ0) is 19.4. The number of fused-ring (bicyclic) bond motifs is 2. The molecule has 11 heteroatoms. The SMILES string of the molecule is C[N+]1(C)CCC(c2cc(C3CCC4CN3C(=O)N4OS(=O)(=O)O)no2)CC1. The summed E-state index contributed by atoms with van der Waals surface area (Å²) >= 11 is 0. The fourth-order valence-corrected chi connectivity index (χ4v) is 4.73. The van der Waals surface area contributed by atoms with Crippen LogP contribution in [0, 0.1) is 0 Å². The van der Waals surface area contributed by atoms with E-state index in [0.717, 1.165) is 41.2 Å². The van der Waals surface area contributed by atoms with E-state index in [4.69, 9.17) is 9.08 Å². The third kappa shape index (κ3) is 3.68. The van der Waals surface area contributed by atoms with E-state index in [9.17, 15) is 13.2 Å². The van der Waals surface area contributed by atoms with Gasteiger partial charge in [0.15, 0.2) is 0 Å². The van der Waals surface area contributed by atoms with Crippen LogP contribution in [0.25, 0.3) is 0 Å². The van der Waals surface area contributed by atoms with E-state index in [2.05, 4.69) is 23.5 Å². The summed E-state index contributed by atoms with van der Waals surface area (Å²) in [5, 5.41) is 4.95. The van der Waals surface area contributed by atoms with Crippen LogP contribution in [0.15, 0.2) is 10.6 Å². The van der Waals surface area contributed by atoms with E-state index in [1.54, 1.807) is 0 Å². The minimum Gasteiger partial charge on any atom is -0.361 e. The molecule has 4 heterocycles. The van der Waals surface area contributed by atoms with Gasteiger partial charge < -0.3 is 13.9 Å². The van der Waals surface area contributed by atoms with Crippen molar-refractivity contribution in [1.82, 2.24) is 15.1 Å². The lowest BCUT2D eigenvalue weighted by Crippen LogP contribution is -2.45. The van der Waals surface area contributed by atoms with Crippen molar-refractivity contribution in [2.75, 3.05) is 33.7 Å². The number of aromatic nitrogens is 1. The highest BCUT2D eigenvalue weighted by Crippen LogP contribution is 2.39. The largest absolute Gasteiger partial charge is 0.418 e. The molecule has 2 unspecified atom stereocenters. The zero-order valence-corrected chi connectivity index (χ0v) is 16.3. The molecule has 0 aliphatic carbocycles.